The fourth-order valence-electron chi connectivity index (χ4n) is 11.7. The maximum atomic E-state index is 13.1. The third-order valence-corrected chi connectivity index (χ3v) is 16.7. The highest BCUT2D eigenvalue weighted by Crippen LogP contribution is 2.64. The fraction of sp³-hybridized carbons (Fsp3) is 0.571. The quantitative estimate of drug-likeness (QED) is 0.131. The lowest BCUT2D eigenvalue weighted by Crippen LogP contribution is -2.65. The van der Waals surface area contributed by atoms with Crippen molar-refractivity contribution >= 4 is 33.5 Å². The number of phenols is 2. The summed E-state index contributed by atoms with van der Waals surface area (Å²) < 4.78 is 25.2. The maximum Gasteiger partial charge on any atom is 0.306 e. The molecule has 10 atom stereocenters. The summed E-state index contributed by atoms with van der Waals surface area (Å²) in [6, 6.07) is 8.27. The van der Waals surface area contributed by atoms with Gasteiger partial charge in [-0.05, 0) is 101 Å². The van der Waals surface area contributed by atoms with E-state index in [-0.39, 0.29) is 58.3 Å². The van der Waals surface area contributed by atoms with Crippen molar-refractivity contribution in [3.63, 3.8) is 0 Å². The predicted octanol–water partition coefficient (Wildman–Crippen LogP) is 5.45. The standard InChI is InChI=1S/C42H48N2O8S2/c1-43-17-15-41-25-9-13-31(39(41)51-37-29(45)11-7-23(35(37)41)21-27(25)43)49-33(47)5-3-19-53-54-20-4-6-34(48)50-32-14-10-26-28-22-24-8-12-30(46)38-36(24)42(26,40(32)52-38)16-18-44(28)2/h7-14,25-28,31-32,39-40,45-46H,3-6,15-22H2,1-2H3/t25-,26-,27+,28+,31-,32+,39-,40-,41-,42-/m0/s1. The first-order valence-electron chi connectivity index (χ1n) is 19.6. The van der Waals surface area contributed by atoms with Gasteiger partial charge >= 0.3 is 11.9 Å². The van der Waals surface area contributed by atoms with Gasteiger partial charge in [0.05, 0.1) is 0 Å². The number of carbonyl (C=O) groups excluding carboxylic acids is 2. The Morgan fingerprint density at radius 2 is 1.17 bits per heavy atom. The summed E-state index contributed by atoms with van der Waals surface area (Å²) in [5.74, 6) is 3.13. The molecular formula is C42H48N2O8S2. The molecule has 10 rings (SSSR count). The van der Waals surface area contributed by atoms with Crippen LogP contribution in [0.4, 0.5) is 0 Å². The molecule has 4 heterocycles. The van der Waals surface area contributed by atoms with Gasteiger partial charge in [-0.25, -0.2) is 0 Å². The zero-order chi connectivity index (χ0) is 36.9. The molecule has 2 N–H and O–H groups in total. The lowest BCUT2D eigenvalue weighted by Gasteiger charge is -2.56. The molecule has 0 saturated carbocycles. The van der Waals surface area contributed by atoms with E-state index in [9.17, 15) is 19.8 Å². The molecule has 2 aromatic rings. The van der Waals surface area contributed by atoms with Crippen LogP contribution in [0.15, 0.2) is 48.6 Å². The molecule has 2 saturated heterocycles. The van der Waals surface area contributed by atoms with E-state index in [1.54, 1.807) is 33.7 Å². The van der Waals surface area contributed by atoms with Crippen molar-refractivity contribution in [2.75, 3.05) is 38.7 Å². The minimum absolute atomic E-state index is 0.165. The molecule has 2 spiro atoms. The number of carbonyl (C=O) groups is 2. The number of phenolic OH excluding ortho intramolecular Hbond substituents is 2. The molecule has 286 valence electrons. The van der Waals surface area contributed by atoms with Crippen LogP contribution in [0.3, 0.4) is 0 Å². The van der Waals surface area contributed by atoms with Crippen molar-refractivity contribution < 1.29 is 38.7 Å². The van der Waals surface area contributed by atoms with E-state index in [2.05, 4.69) is 36.0 Å². The number of piperidine rings is 2. The van der Waals surface area contributed by atoms with E-state index in [1.165, 1.54) is 11.1 Å². The Morgan fingerprint density at radius 3 is 1.61 bits per heavy atom. The number of hydrogen-bond acceptors (Lipinski definition) is 12. The van der Waals surface area contributed by atoms with Gasteiger partial charge in [-0.3, -0.25) is 9.59 Å². The van der Waals surface area contributed by atoms with Gasteiger partial charge in [0.25, 0.3) is 0 Å². The predicted molar refractivity (Wildman–Crippen MR) is 206 cm³/mol. The Balaban J connectivity index is 0.680. The van der Waals surface area contributed by atoms with Gasteiger partial charge in [0, 0.05) is 70.2 Å². The van der Waals surface area contributed by atoms with E-state index in [0.717, 1.165) is 61.4 Å². The summed E-state index contributed by atoms with van der Waals surface area (Å²) in [5, 5.41) is 21.5. The maximum absolute atomic E-state index is 13.1. The van der Waals surface area contributed by atoms with Crippen LogP contribution < -0.4 is 9.47 Å². The summed E-state index contributed by atoms with van der Waals surface area (Å²) in [5.41, 5.74) is 4.15. The Bertz CT molecular complexity index is 1820. The second kappa shape index (κ2) is 13.1. The molecule has 2 aromatic carbocycles. The van der Waals surface area contributed by atoms with Crippen molar-refractivity contribution in [2.45, 2.75) is 98.7 Å². The highest BCUT2D eigenvalue weighted by Gasteiger charge is 2.66. The summed E-state index contributed by atoms with van der Waals surface area (Å²) in [6.07, 6.45) is 12.5. The molecule has 2 fully saturated rings. The largest absolute Gasteiger partial charge is 0.504 e. The zero-order valence-corrected chi connectivity index (χ0v) is 32.4. The van der Waals surface area contributed by atoms with Crippen LogP contribution in [0.5, 0.6) is 23.0 Å². The highest BCUT2D eigenvalue weighted by molar-refractivity contribution is 8.76. The lowest BCUT2D eigenvalue weighted by molar-refractivity contribution is -0.155. The van der Waals surface area contributed by atoms with Crippen LogP contribution in [-0.4, -0.2) is 107 Å². The summed E-state index contributed by atoms with van der Waals surface area (Å²) in [6.45, 7) is 1.88. The Morgan fingerprint density at radius 1 is 0.722 bits per heavy atom. The van der Waals surface area contributed by atoms with Crippen LogP contribution in [-0.2, 0) is 42.7 Å². The SMILES string of the molecule is CN1CC[C@]23c4c5ccc(O)c4O[C@H]2[C@@H](OC(=O)CCCSSCCCC(=O)O[C@@H]2C=C[C@H]4[C@H]6Cc7ccc(O)c8c7[C@@]4(CCN6C)[C@H]2O8)C=C[C@H]3[C@H]1C5. The molecule has 4 aliphatic carbocycles. The van der Waals surface area contributed by atoms with Gasteiger partial charge in [0.2, 0.25) is 0 Å². The van der Waals surface area contributed by atoms with Crippen molar-refractivity contribution in [3.8, 4) is 23.0 Å². The van der Waals surface area contributed by atoms with E-state index in [1.807, 2.05) is 24.3 Å². The normalized spacial score (nSPS) is 35.8. The molecule has 0 amide bonds. The number of benzene rings is 2. The molecule has 4 bridgehead atoms. The number of aromatic hydroxyl groups is 2. The Kier molecular flexibility index (Phi) is 8.54. The van der Waals surface area contributed by atoms with E-state index in [0.29, 0.717) is 49.3 Å². The van der Waals surface area contributed by atoms with E-state index in [4.69, 9.17) is 18.9 Å². The smallest absolute Gasteiger partial charge is 0.306 e. The number of hydrogen-bond donors (Lipinski definition) is 2. The van der Waals surface area contributed by atoms with Crippen LogP contribution in [0.1, 0.15) is 60.8 Å². The number of rotatable bonds is 11. The third kappa shape index (κ3) is 5.07. The molecule has 12 heteroatoms. The van der Waals surface area contributed by atoms with Gasteiger partial charge in [-0.2, -0.15) is 0 Å². The third-order valence-electron chi connectivity index (χ3n) is 14.1. The van der Waals surface area contributed by atoms with Crippen LogP contribution in [0.25, 0.3) is 0 Å². The Hall–Kier alpha value is -3.32. The van der Waals surface area contributed by atoms with Crippen molar-refractivity contribution in [1.29, 1.82) is 0 Å². The molecule has 0 radical (unpaired) electrons. The number of esters is 2. The van der Waals surface area contributed by atoms with Gasteiger partial charge < -0.3 is 39.0 Å². The summed E-state index contributed by atoms with van der Waals surface area (Å²) in [4.78, 5) is 31.1. The monoisotopic (exact) mass is 772 g/mol. The number of likely N-dealkylation sites (tertiary alicyclic amines) is 2. The number of ether oxygens (including phenoxy) is 4. The van der Waals surface area contributed by atoms with Crippen LogP contribution in [0.2, 0.25) is 0 Å². The van der Waals surface area contributed by atoms with Gasteiger partial charge in [0.15, 0.2) is 35.2 Å². The summed E-state index contributed by atoms with van der Waals surface area (Å²) in [7, 11) is 7.79. The molecule has 54 heavy (non-hydrogen) atoms. The molecule has 0 unspecified atom stereocenters. The number of nitrogens with zero attached hydrogens (tertiary/aromatic N) is 2. The highest BCUT2D eigenvalue weighted by atomic mass is 33.1. The van der Waals surface area contributed by atoms with E-state index < -0.39 is 12.2 Å². The zero-order valence-electron chi connectivity index (χ0n) is 30.8. The lowest BCUT2D eigenvalue weighted by atomic mass is 9.53. The summed E-state index contributed by atoms with van der Waals surface area (Å²) >= 11 is 0. The average molecular weight is 773 g/mol. The first-order valence-corrected chi connectivity index (χ1v) is 22.1. The van der Waals surface area contributed by atoms with Gasteiger partial charge in [-0.1, -0.05) is 45.9 Å². The number of likely N-dealkylation sites (N-methyl/N-ethyl adjacent to an activating group) is 2. The van der Waals surface area contributed by atoms with Gasteiger partial charge in [-0.15, -0.1) is 0 Å². The topological polar surface area (TPSA) is 118 Å². The fourth-order valence-corrected chi connectivity index (χ4v) is 13.9. The molecule has 0 aromatic heterocycles. The first kappa shape index (κ1) is 35.1. The molecular weight excluding hydrogens is 725 g/mol. The first-order chi connectivity index (χ1) is 26.2. The second-order valence-corrected chi connectivity index (χ2v) is 19.3. The van der Waals surface area contributed by atoms with Crippen molar-refractivity contribution in [2.24, 2.45) is 11.8 Å². The van der Waals surface area contributed by atoms with E-state index >= 15 is 0 Å². The average Bonchev–Trinajstić information content (AvgIpc) is 3.70. The second-order valence-electron chi connectivity index (χ2n) is 16.6. The van der Waals surface area contributed by atoms with Crippen LogP contribution in [0, 0.1) is 11.8 Å². The van der Waals surface area contributed by atoms with Gasteiger partial charge in [0.1, 0.15) is 12.2 Å². The van der Waals surface area contributed by atoms with Crippen LogP contribution >= 0.6 is 21.6 Å². The minimum Gasteiger partial charge on any atom is -0.504 e. The van der Waals surface area contributed by atoms with Crippen molar-refractivity contribution in [3.05, 3.63) is 70.8 Å². The molecule has 4 aliphatic heterocycles. The minimum atomic E-state index is -0.494. The molecule has 8 aliphatic rings. The van der Waals surface area contributed by atoms with Crippen molar-refractivity contribution in [1.82, 2.24) is 9.80 Å². The Labute approximate surface area is 324 Å². The molecule has 10 nitrogen and oxygen atoms in total.